The number of rotatable bonds is 4. The molecule has 0 radical (unpaired) electrons. The molecule has 2 aliphatic rings. The quantitative estimate of drug-likeness (QED) is 0.426. The Bertz CT molecular complexity index is 216. The van der Waals surface area contributed by atoms with Crippen LogP contribution in [0.2, 0.25) is 19.1 Å². The van der Waals surface area contributed by atoms with Crippen LogP contribution in [0.1, 0.15) is 64.2 Å². The standard InChI is InChI=1S/C16H31ClSi/c1-18(2,17)13-16(14-9-5-3-6-10-14)15-11-7-4-8-12-15/h14-16H,3-13H2,1-2H3. The average Bonchev–Trinajstić information content (AvgIpc) is 2.37. The van der Waals surface area contributed by atoms with Crippen LogP contribution < -0.4 is 0 Å². The molecule has 2 saturated carbocycles. The summed E-state index contributed by atoms with van der Waals surface area (Å²) in [5.74, 6) is 3.02. The van der Waals surface area contributed by atoms with E-state index < -0.39 is 7.38 Å². The van der Waals surface area contributed by atoms with Gasteiger partial charge in [0.2, 0.25) is 0 Å². The van der Waals surface area contributed by atoms with E-state index in [-0.39, 0.29) is 0 Å². The second kappa shape index (κ2) is 6.79. The van der Waals surface area contributed by atoms with Crippen molar-refractivity contribution in [3.05, 3.63) is 0 Å². The molecule has 18 heavy (non-hydrogen) atoms. The van der Waals surface area contributed by atoms with Crippen LogP contribution in [-0.4, -0.2) is 7.38 Å². The summed E-state index contributed by atoms with van der Waals surface area (Å²) in [6.45, 7) is 4.71. The maximum atomic E-state index is 6.71. The summed E-state index contributed by atoms with van der Waals surface area (Å²) >= 11 is 6.71. The van der Waals surface area contributed by atoms with Crippen molar-refractivity contribution in [2.75, 3.05) is 0 Å². The van der Waals surface area contributed by atoms with Crippen molar-refractivity contribution in [2.24, 2.45) is 17.8 Å². The van der Waals surface area contributed by atoms with Gasteiger partial charge in [-0.2, -0.15) is 11.1 Å². The Morgan fingerprint density at radius 1 is 0.833 bits per heavy atom. The maximum Gasteiger partial charge on any atom is 0.150 e. The van der Waals surface area contributed by atoms with Crippen LogP contribution in [0.25, 0.3) is 0 Å². The van der Waals surface area contributed by atoms with Gasteiger partial charge in [-0.1, -0.05) is 77.3 Å². The molecule has 0 aliphatic heterocycles. The lowest BCUT2D eigenvalue weighted by molar-refractivity contribution is 0.158. The van der Waals surface area contributed by atoms with Gasteiger partial charge in [-0.05, 0) is 23.8 Å². The van der Waals surface area contributed by atoms with Gasteiger partial charge >= 0.3 is 0 Å². The molecule has 2 fully saturated rings. The lowest BCUT2D eigenvalue weighted by Gasteiger charge is -2.40. The molecule has 0 unspecified atom stereocenters. The van der Waals surface area contributed by atoms with E-state index in [1.165, 1.54) is 70.3 Å². The highest BCUT2D eigenvalue weighted by molar-refractivity contribution is 7.19. The van der Waals surface area contributed by atoms with E-state index in [1.54, 1.807) is 0 Å². The van der Waals surface area contributed by atoms with Crippen molar-refractivity contribution in [1.82, 2.24) is 0 Å². The Morgan fingerprint density at radius 3 is 1.56 bits per heavy atom. The zero-order valence-electron chi connectivity index (χ0n) is 12.4. The van der Waals surface area contributed by atoms with E-state index in [1.807, 2.05) is 0 Å². The molecule has 0 saturated heterocycles. The van der Waals surface area contributed by atoms with Crippen molar-refractivity contribution in [3.63, 3.8) is 0 Å². The fourth-order valence-electron chi connectivity index (χ4n) is 4.40. The minimum Gasteiger partial charge on any atom is -0.168 e. The highest BCUT2D eigenvalue weighted by Crippen LogP contribution is 2.44. The van der Waals surface area contributed by atoms with Gasteiger partial charge < -0.3 is 0 Å². The molecule has 0 spiro atoms. The van der Waals surface area contributed by atoms with Crippen LogP contribution in [0, 0.1) is 17.8 Å². The third kappa shape index (κ3) is 4.56. The summed E-state index contributed by atoms with van der Waals surface area (Å²) in [6.07, 6.45) is 14.9. The zero-order chi connectivity index (χ0) is 13.0. The van der Waals surface area contributed by atoms with Crippen LogP contribution >= 0.6 is 11.1 Å². The molecule has 0 amide bonds. The Hall–Kier alpha value is 0.507. The van der Waals surface area contributed by atoms with Gasteiger partial charge in [-0.3, -0.25) is 0 Å². The van der Waals surface area contributed by atoms with E-state index in [9.17, 15) is 0 Å². The molecule has 2 aliphatic carbocycles. The molecular formula is C16H31ClSi. The first-order valence-corrected chi connectivity index (χ1v) is 12.5. The molecular weight excluding hydrogens is 256 g/mol. The third-order valence-corrected chi connectivity index (χ3v) is 7.14. The van der Waals surface area contributed by atoms with Crippen molar-refractivity contribution in [3.8, 4) is 0 Å². The molecule has 0 N–H and O–H groups in total. The maximum absolute atomic E-state index is 6.71. The van der Waals surface area contributed by atoms with Gasteiger partial charge in [0.1, 0.15) is 0 Å². The minimum atomic E-state index is -1.42. The molecule has 0 bridgehead atoms. The molecule has 2 rings (SSSR count). The number of hydrogen-bond donors (Lipinski definition) is 0. The molecule has 0 nitrogen and oxygen atoms in total. The van der Waals surface area contributed by atoms with Crippen LogP contribution in [0.4, 0.5) is 0 Å². The van der Waals surface area contributed by atoms with Gasteiger partial charge in [-0.15, -0.1) is 0 Å². The van der Waals surface area contributed by atoms with Gasteiger partial charge in [0.15, 0.2) is 7.38 Å². The normalized spacial score (nSPS) is 24.7. The summed E-state index contributed by atoms with van der Waals surface area (Å²) in [7, 11) is -1.42. The smallest absolute Gasteiger partial charge is 0.150 e. The van der Waals surface area contributed by atoms with Gasteiger partial charge in [0.05, 0.1) is 0 Å². The Labute approximate surface area is 120 Å². The van der Waals surface area contributed by atoms with E-state index in [0.29, 0.717) is 0 Å². The van der Waals surface area contributed by atoms with Crippen molar-refractivity contribution < 1.29 is 0 Å². The van der Waals surface area contributed by atoms with Gasteiger partial charge in [-0.25, -0.2) is 0 Å². The number of hydrogen-bond acceptors (Lipinski definition) is 0. The first-order valence-electron chi connectivity index (χ1n) is 8.25. The molecule has 0 aromatic rings. The fourth-order valence-corrected chi connectivity index (χ4v) is 6.73. The lowest BCUT2D eigenvalue weighted by Crippen LogP contribution is -2.33. The summed E-state index contributed by atoms with van der Waals surface area (Å²) in [4.78, 5) is 0. The van der Waals surface area contributed by atoms with E-state index in [0.717, 1.165) is 17.8 Å². The number of halogens is 1. The Morgan fingerprint density at radius 2 is 1.22 bits per heavy atom. The minimum absolute atomic E-state index is 0.977. The van der Waals surface area contributed by atoms with E-state index in [2.05, 4.69) is 13.1 Å². The van der Waals surface area contributed by atoms with Crippen molar-refractivity contribution in [1.29, 1.82) is 0 Å². The summed E-state index contributed by atoms with van der Waals surface area (Å²) in [5.41, 5.74) is 0. The Balaban J connectivity index is 2.00. The fraction of sp³-hybridized carbons (Fsp3) is 1.00. The molecule has 106 valence electrons. The summed E-state index contributed by atoms with van der Waals surface area (Å²) in [6, 6.07) is 1.38. The lowest BCUT2D eigenvalue weighted by atomic mass is 9.70. The van der Waals surface area contributed by atoms with E-state index in [4.69, 9.17) is 11.1 Å². The monoisotopic (exact) mass is 286 g/mol. The second-order valence-electron chi connectivity index (χ2n) is 7.38. The van der Waals surface area contributed by atoms with Crippen LogP contribution in [0.5, 0.6) is 0 Å². The second-order valence-corrected chi connectivity index (χ2v) is 14.3. The topological polar surface area (TPSA) is 0 Å². The highest BCUT2D eigenvalue weighted by atomic mass is 35.6. The SMILES string of the molecule is C[Si](C)(Cl)CC(C1CCCCC1)C1CCCCC1. The molecule has 0 atom stereocenters. The highest BCUT2D eigenvalue weighted by Gasteiger charge is 2.35. The molecule has 0 heterocycles. The largest absolute Gasteiger partial charge is 0.168 e. The van der Waals surface area contributed by atoms with Crippen molar-refractivity contribution >= 4 is 18.5 Å². The molecule has 0 aromatic carbocycles. The molecule has 0 aromatic heterocycles. The van der Waals surface area contributed by atoms with Crippen LogP contribution in [0.15, 0.2) is 0 Å². The Kier molecular flexibility index (Phi) is 5.62. The van der Waals surface area contributed by atoms with Gasteiger partial charge in [0.25, 0.3) is 0 Å². The first kappa shape index (κ1) is 14.9. The summed E-state index contributed by atoms with van der Waals surface area (Å²) in [5, 5.41) is 0. The van der Waals surface area contributed by atoms with Crippen LogP contribution in [-0.2, 0) is 0 Å². The average molecular weight is 287 g/mol. The predicted molar refractivity (Wildman–Crippen MR) is 84.8 cm³/mol. The molecule has 2 heteroatoms. The third-order valence-electron chi connectivity index (χ3n) is 5.23. The van der Waals surface area contributed by atoms with E-state index >= 15 is 0 Å². The van der Waals surface area contributed by atoms with Crippen molar-refractivity contribution in [2.45, 2.75) is 83.3 Å². The zero-order valence-corrected chi connectivity index (χ0v) is 14.1. The predicted octanol–water partition coefficient (Wildman–Crippen LogP) is 6.21. The van der Waals surface area contributed by atoms with Crippen LogP contribution in [0.3, 0.4) is 0 Å². The first-order chi connectivity index (χ1) is 8.56. The summed E-state index contributed by atoms with van der Waals surface area (Å²) < 4.78 is 0. The van der Waals surface area contributed by atoms with Gasteiger partial charge in [0, 0.05) is 0 Å².